The van der Waals surface area contributed by atoms with Crippen molar-refractivity contribution in [2.45, 2.75) is 0 Å². The highest BCUT2D eigenvalue weighted by atomic mass is 15.0. The average Bonchev–Trinajstić information content (AvgIpc) is 2.76. The third kappa shape index (κ3) is 3.33. The summed E-state index contributed by atoms with van der Waals surface area (Å²) < 4.78 is 3.44. The van der Waals surface area contributed by atoms with Gasteiger partial charge in [-0.15, -0.1) is 0 Å². The minimum absolute atomic E-state index is 1.19. The van der Waals surface area contributed by atoms with Crippen molar-refractivity contribution in [3.05, 3.63) is 37.4 Å². The van der Waals surface area contributed by atoms with Gasteiger partial charge >= 0.3 is 0 Å². The summed E-state index contributed by atoms with van der Waals surface area (Å²) >= 11 is 0. The maximum absolute atomic E-state index is 6.66. The molecular formula is C8H11N5. The first-order valence-electron chi connectivity index (χ1n) is 3.73. The molecule has 0 atom stereocenters. The third-order valence-electron chi connectivity index (χ3n) is 1.31. The molecular weight excluding hydrogens is 166 g/mol. The summed E-state index contributed by atoms with van der Waals surface area (Å²) in [5, 5.41) is 6.66. The van der Waals surface area contributed by atoms with E-state index >= 15 is 0 Å². The van der Waals surface area contributed by atoms with Crippen LogP contribution in [0, 0.1) is 5.41 Å². The second kappa shape index (κ2) is 4.87. The quantitative estimate of drug-likeness (QED) is 0.516. The molecule has 0 aliphatic rings. The van der Waals surface area contributed by atoms with E-state index in [2.05, 4.69) is 9.97 Å². The lowest BCUT2D eigenvalue weighted by Gasteiger charge is -1.79. The smallest absolute Gasteiger partial charge is 0.0998 e. The van der Waals surface area contributed by atoms with Crippen LogP contribution >= 0.6 is 0 Å². The lowest BCUT2D eigenvalue weighted by Crippen LogP contribution is -1.85. The van der Waals surface area contributed by atoms with Gasteiger partial charge in [-0.2, -0.15) is 0 Å². The van der Waals surface area contributed by atoms with E-state index in [1.165, 1.54) is 6.34 Å². The van der Waals surface area contributed by atoms with Crippen molar-refractivity contribution in [2.24, 2.45) is 7.05 Å². The van der Waals surface area contributed by atoms with Crippen molar-refractivity contribution in [3.8, 4) is 0 Å². The summed E-state index contributed by atoms with van der Waals surface area (Å²) in [4.78, 5) is 7.49. The van der Waals surface area contributed by atoms with E-state index in [-0.39, 0.29) is 0 Å². The average molecular weight is 177 g/mol. The number of hydrogen-bond acceptors (Lipinski definition) is 3. The molecule has 68 valence electrons. The molecule has 5 nitrogen and oxygen atoms in total. The van der Waals surface area contributed by atoms with Gasteiger partial charge in [-0.25, -0.2) is 9.97 Å². The summed E-state index contributed by atoms with van der Waals surface area (Å²) in [7, 11) is 1.94. The number of aryl methyl sites for hydroxylation is 1. The molecule has 13 heavy (non-hydrogen) atoms. The first-order valence-corrected chi connectivity index (χ1v) is 3.73. The van der Waals surface area contributed by atoms with Gasteiger partial charge in [0.1, 0.15) is 0 Å². The molecule has 1 N–H and O–H groups in total. The number of nitrogens with zero attached hydrogens (tertiary/aromatic N) is 4. The highest BCUT2D eigenvalue weighted by molar-refractivity contribution is 5.53. The van der Waals surface area contributed by atoms with Gasteiger partial charge in [0.15, 0.2) is 0 Å². The maximum Gasteiger partial charge on any atom is 0.0998 e. The maximum atomic E-state index is 6.66. The molecule has 0 radical (unpaired) electrons. The molecule has 0 fully saturated rings. The largest absolute Gasteiger partial charge is 0.341 e. The molecule has 0 aliphatic heterocycles. The normalized spacial score (nSPS) is 8.69. The van der Waals surface area contributed by atoms with E-state index in [9.17, 15) is 0 Å². The van der Waals surface area contributed by atoms with Crippen molar-refractivity contribution < 1.29 is 0 Å². The summed E-state index contributed by atoms with van der Waals surface area (Å²) in [5.74, 6) is 0. The van der Waals surface area contributed by atoms with Crippen LogP contribution in [0.25, 0.3) is 0 Å². The lowest BCUT2D eigenvalue weighted by atomic mass is 10.9. The van der Waals surface area contributed by atoms with Gasteiger partial charge in [0.2, 0.25) is 0 Å². The first-order chi connectivity index (χ1) is 6.33. The van der Waals surface area contributed by atoms with Crippen LogP contribution in [0.5, 0.6) is 0 Å². The van der Waals surface area contributed by atoms with Crippen LogP contribution in [0.3, 0.4) is 0 Å². The number of rotatable bonds is 1. The Bertz CT molecular complexity index is 321. The van der Waals surface area contributed by atoms with Crippen molar-refractivity contribution in [2.75, 3.05) is 0 Å². The van der Waals surface area contributed by atoms with Crippen LogP contribution in [0.2, 0.25) is 0 Å². The Kier molecular flexibility index (Phi) is 3.44. The van der Waals surface area contributed by atoms with Gasteiger partial charge in [0.05, 0.1) is 19.0 Å². The highest BCUT2D eigenvalue weighted by Crippen LogP contribution is 1.74. The van der Waals surface area contributed by atoms with Crippen LogP contribution in [-0.4, -0.2) is 25.4 Å². The Morgan fingerprint density at radius 3 is 2.08 bits per heavy atom. The lowest BCUT2D eigenvalue weighted by molar-refractivity contribution is 0.913. The summed E-state index contributed by atoms with van der Waals surface area (Å²) in [5.41, 5.74) is 0. The molecule has 0 amide bonds. The van der Waals surface area contributed by atoms with E-state index in [4.69, 9.17) is 5.41 Å². The van der Waals surface area contributed by atoms with Gasteiger partial charge < -0.3 is 4.57 Å². The molecule has 0 saturated heterocycles. The monoisotopic (exact) mass is 177 g/mol. The predicted molar refractivity (Wildman–Crippen MR) is 49.6 cm³/mol. The second-order valence-electron chi connectivity index (χ2n) is 2.37. The van der Waals surface area contributed by atoms with Crippen molar-refractivity contribution in [1.82, 2.24) is 19.1 Å². The zero-order valence-electron chi connectivity index (χ0n) is 7.33. The van der Waals surface area contributed by atoms with Gasteiger partial charge in [-0.1, -0.05) is 0 Å². The highest BCUT2D eigenvalue weighted by Gasteiger charge is 1.74. The Morgan fingerprint density at radius 1 is 1.15 bits per heavy atom. The van der Waals surface area contributed by atoms with Gasteiger partial charge in [0.25, 0.3) is 0 Å². The van der Waals surface area contributed by atoms with Crippen LogP contribution in [-0.2, 0) is 7.05 Å². The summed E-state index contributed by atoms with van der Waals surface area (Å²) in [6, 6.07) is 0. The van der Waals surface area contributed by atoms with Gasteiger partial charge in [-0.3, -0.25) is 9.98 Å². The van der Waals surface area contributed by atoms with Crippen LogP contribution in [0.15, 0.2) is 37.4 Å². The molecule has 2 heterocycles. The molecule has 0 spiro atoms. The zero-order valence-corrected chi connectivity index (χ0v) is 7.33. The molecule has 0 aliphatic carbocycles. The molecule has 0 aromatic carbocycles. The number of imidazole rings is 2. The zero-order chi connectivity index (χ0) is 9.52. The fraction of sp³-hybridized carbons (Fsp3) is 0.125. The molecule has 2 aromatic rings. The minimum Gasteiger partial charge on any atom is -0.341 e. The van der Waals surface area contributed by atoms with Crippen molar-refractivity contribution in [3.63, 3.8) is 0 Å². The standard InChI is InChI=1S/C4H5N3.C4H6N2/c5-3-7-2-1-6-4-7;1-6-3-2-5-4-6/h1-5H;2-4H,1H3. The number of aromatic nitrogens is 4. The third-order valence-corrected chi connectivity index (χ3v) is 1.31. The van der Waals surface area contributed by atoms with E-state index in [1.807, 2.05) is 17.8 Å². The van der Waals surface area contributed by atoms with Gasteiger partial charge in [0, 0.05) is 31.8 Å². The Morgan fingerprint density at radius 2 is 1.85 bits per heavy atom. The van der Waals surface area contributed by atoms with Crippen LogP contribution < -0.4 is 0 Å². The minimum atomic E-state index is 1.19. The van der Waals surface area contributed by atoms with E-state index in [1.54, 1.807) is 35.8 Å². The van der Waals surface area contributed by atoms with Crippen LogP contribution in [0.4, 0.5) is 0 Å². The Hall–Kier alpha value is -1.91. The van der Waals surface area contributed by atoms with E-state index < -0.39 is 0 Å². The topological polar surface area (TPSA) is 59.5 Å². The number of nitrogens with one attached hydrogen (secondary N) is 1. The molecule has 0 bridgehead atoms. The summed E-state index contributed by atoms with van der Waals surface area (Å²) in [6.07, 6.45) is 11.5. The van der Waals surface area contributed by atoms with Crippen LogP contribution in [0.1, 0.15) is 0 Å². The SMILES string of the molecule is Cn1ccnc1.N=Cn1ccnc1. The molecule has 5 heteroatoms. The molecule has 0 unspecified atom stereocenters. The first kappa shape index (κ1) is 9.18. The van der Waals surface area contributed by atoms with E-state index in [0.717, 1.165) is 0 Å². The predicted octanol–water partition coefficient (Wildman–Crippen LogP) is 0.758. The van der Waals surface area contributed by atoms with E-state index in [0.29, 0.717) is 0 Å². The Balaban J connectivity index is 0.000000132. The second-order valence-corrected chi connectivity index (χ2v) is 2.37. The molecule has 0 saturated carbocycles. The molecule has 2 aromatic heterocycles. The fourth-order valence-corrected chi connectivity index (χ4v) is 0.672. The van der Waals surface area contributed by atoms with Crippen molar-refractivity contribution >= 4 is 6.34 Å². The van der Waals surface area contributed by atoms with Gasteiger partial charge in [-0.05, 0) is 0 Å². The van der Waals surface area contributed by atoms with Crippen molar-refractivity contribution in [1.29, 1.82) is 5.41 Å². The molecule has 2 rings (SSSR count). The Labute approximate surface area is 76.2 Å². The number of hydrogen-bond donors (Lipinski definition) is 1. The fourth-order valence-electron chi connectivity index (χ4n) is 0.672. The summed E-state index contributed by atoms with van der Waals surface area (Å²) in [6.45, 7) is 0.